The van der Waals surface area contributed by atoms with E-state index in [4.69, 9.17) is 4.74 Å². The van der Waals surface area contributed by atoms with Crippen LogP contribution in [0.15, 0.2) is 83.7 Å². The van der Waals surface area contributed by atoms with Crippen LogP contribution in [0.2, 0.25) is 0 Å². The average molecular weight is 499 g/mol. The highest BCUT2D eigenvalue weighted by Crippen LogP contribution is 2.23. The monoisotopic (exact) mass is 499 g/mol. The molecule has 0 aliphatic rings. The van der Waals surface area contributed by atoms with Crippen LogP contribution >= 0.6 is 0 Å². The molecule has 0 aliphatic heterocycles. The SMILES string of the molecule is COc1cccc(NC(=O)c2ccccc2NC(=O)c2nn(-c3ccccc3[N+](=O)[O-])c(C)cc2=O)c1. The number of benzene rings is 3. The summed E-state index contributed by atoms with van der Waals surface area (Å²) >= 11 is 0. The Morgan fingerprint density at radius 1 is 0.946 bits per heavy atom. The lowest BCUT2D eigenvalue weighted by molar-refractivity contribution is -0.384. The van der Waals surface area contributed by atoms with Gasteiger partial charge in [-0.15, -0.1) is 0 Å². The van der Waals surface area contributed by atoms with Crippen molar-refractivity contribution in [1.82, 2.24) is 9.78 Å². The second kappa shape index (κ2) is 10.5. The minimum absolute atomic E-state index is 0.0946. The summed E-state index contributed by atoms with van der Waals surface area (Å²) in [7, 11) is 1.51. The Bertz CT molecular complexity index is 1580. The van der Waals surface area contributed by atoms with Crippen molar-refractivity contribution in [3.05, 3.63) is 116 Å². The normalized spacial score (nSPS) is 10.4. The predicted octanol–water partition coefficient (Wildman–Crippen LogP) is 3.96. The van der Waals surface area contributed by atoms with Crippen molar-refractivity contribution in [1.29, 1.82) is 0 Å². The number of nitrogens with zero attached hydrogens (tertiary/aromatic N) is 3. The molecule has 2 amide bonds. The summed E-state index contributed by atoms with van der Waals surface area (Å²) in [4.78, 5) is 49.6. The Hall–Kier alpha value is -5.32. The maximum absolute atomic E-state index is 13.1. The van der Waals surface area contributed by atoms with E-state index < -0.39 is 27.9 Å². The quantitative estimate of drug-likeness (QED) is 0.289. The zero-order valence-electron chi connectivity index (χ0n) is 19.8. The van der Waals surface area contributed by atoms with Crippen LogP contribution in [0.5, 0.6) is 5.75 Å². The predicted molar refractivity (Wildman–Crippen MR) is 137 cm³/mol. The number of hydrogen-bond donors (Lipinski definition) is 2. The zero-order chi connectivity index (χ0) is 26.5. The standard InChI is InChI=1S/C26H21N5O6/c1-16-14-23(32)24(29-30(16)21-12-5-6-13-22(21)31(35)36)26(34)28-20-11-4-3-10-19(20)25(33)27-17-8-7-9-18(15-17)37-2/h3-15H,1-2H3,(H,27,33)(H,28,34). The Balaban J connectivity index is 1.65. The number of ether oxygens (including phenoxy) is 1. The number of para-hydroxylation sites is 3. The van der Waals surface area contributed by atoms with E-state index in [0.717, 1.165) is 4.68 Å². The van der Waals surface area contributed by atoms with Gasteiger partial charge >= 0.3 is 0 Å². The lowest BCUT2D eigenvalue weighted by atomic mass is 10.1. The largest absolute Gasteiger partial charge is 0.497 e. The fourth-order valence-electron chi connectivity index (χ4n) is 3.62. The third-order valence-corrected chi connectivity index (χ3v) is 5.38. The smallest absolute Gasteiger partial charge is 0.294 e. The van der Waals surface area contributed by atoms with E-state index in [1.165, 1.54) is 43.5 Å². The molecule has 0 radical (unpaired) electrons. The Kier molecular flexibility index (Phi) is 7.05. The van der Waals surface area contributed by atoms with Crippen LogP contribution in [0, 0.1) is 17.0 Å². The van der Waals surface area contributed by atoms with Gasteiger partial charge in [0, 0.05) is 29.6 Å². The van der Waals surface area contributed by atoms with Gasteiger partial charge in [0.25, 0.3) is 17.5 Å². The van der Waals surface area contributed by atoms with Crippen molar-refractivity contribution in [2.45, 2.75) is 6.92 Å². The van der Waals surface area contributed by atoms with Gasteiger partial charge in [-0.05, 0) is 37.3 Å². The fraction of sp³-hybridized carbons (Fsp3) is 0.0769. The van der Waals surface area contributed by atoms with Crippen molar-refractivity contribution in [3.8, 4) is 11.4 Å². The van der Waals surface area contributed by atoms with Gasteiger partial charge in [0.2, 0.25) is 5.43 Å². The highest BCUT2D eigenvalue weighted by atomic mass is 16.6. The van der Waals surface area contributed by atoms with Gasteiger partial charge in [-0.2, -0.15) is 5.10 Å². The van der Waals surface area contributed by atoms with Gasteiger partial charge in [0.15, 0.2) is 5.69 Å². The number of aryl methyl sites for hydroxylation is 1. The second-order valence-electron chi connectivity index (χ2n) is 7.84. The van der Waals surface area contributed by atoms with E-state index in [0.29, 0.717) is 17.1 Å². The van der Waals surface area contributed by atoms with E-state index >= 15 is 0 Å². The number of carbonyl (C=O) groups is 2. The molecule has 3 aromatic carbocycles. The van der Waals surface area contributed by atoms with Crippen molar-refractivity contribution in [3.63, 3.8) is 0 Å². The molecule has 4 rings (SSSR count). The number of nitro groups is 1. The number of hydrogen-bond acceptors (Lipinski definition) is 7. The summed E-state index contributed by atoms with van der Waals surface area (Å²) in [6.07, 6.45) is 0. The topological polar surface area (TPSA) is 145 Å². The molecule has 0 bridgehead atoms. The van der Waals surface area contributed by atoms with Crippen molar-refractivity contribution >= 4 is 28.9 Å². The molecule has 11 nitrogen and oxygen atoms in total. The van der Waals surface area contributed by atoms with E-state index in [2.05, 4.69) is 15.7 Å². The van der Waals surface area contributed by atoms with Crippen molar-refractivity contribution in [2.75, 3.05) is 17.7 Å². The summed E-state index contributed by atoms with van der Waals surface area (Å²) in [5, 5.41) is 20.9. The number of rotatable bonds is 7. The molecule has 1 heterocycles. The van der Waals surface area contributed by atoms with Crippen LogP contribution in [-0.2, 0) is 0 Å². The molecule has 0 atom stereocenters. The highest BCUT2D eigenvalue weighted by Gasteiger charge is 2.21. The summed E-state index contributed by atoms with van der Waals surface area (Å²) < 4.78 is 6.33. The molecule has 0 saturated carbocycles. The average Bonchev–Trinajstić information content (AvgIpc) is 2.89. The van der Waals surface area contributed by atoms with E-state index in [1.807, 2.05) is 0 Å². The van der Waals surface area contributed by atoms with Crippen molar-refractivity contribution < 1.29 is 19.2 Å². The van der Waals surface area contributed by atoms with E-state index in [9.17, 15) is 24.5 Å². The minimum Gasteiger partial charge on any atom is -0.497 e. The first-order valence-corrected chi connectivity index (χ1v) is 11.0. The lowest BCUT2D eigenvalue weighted by Gasteiger charge is -2.13. The van der Waals surface area contributed by atoms with Gasteiger partial charge in [-0.25, -0.2) is 4.68 Å². The molecular weight excluding hydrogens is 478 g/mol. The van der Waals surface area contributed by atoms with Crippen LogP contribution in [0.4, 0.5) is 17.1 Å². The van der Waals surface area contributed by atoms with Gasteiger partial charge in [0.1, 0.15) is 11.4 Å². The van der Waals surface area contributed by atoms with Gasteiger partial charge in [-0.3, -0.25) is 24.5 Å². The summed E-state index contributed by atoms with van der Waals surface area (Å²) in [6.45, 7) is 1.55. The number of carbonyl (C=O) groups excluding carboxylic acids is 2. The maximum atomic E-state index is 13.1. The first kappa shape index (κ1) is 24.8. The van der Waals surface area contributed by atoms with Crippen LogP contribution in [-0.4, -0.2) is 33.6 Å². The highest BCUT2D eigenvalue weighted by molar-refractivity contribution is 6.12. The molecule has 37 heavy (non-hydrogen) atoms. The zero-order valence-corrected chi connectivity index (χ0v) is 19.8. The second-order valence-corrected chi connectivity index (χ2v) is 7.84. The van der Waals surface area contributed by atoms with Crippen LogP contribution in [0.3, 0.4) is 0 Å². The molecule has 0 saturated heterocycles. The first-order chi connectivity index (χ1) is 17.8. The number of nitro benzene ring substituents is 1. The van der Waals surface area contributed by atoms with Crippen LogP contribution < -0.4 is 20.8 Å². The van der Waals surface area contributed by atoms with Gasteiger partial charge < -0.3 is 15.4 Å². The van der Waals surface area contributed by atoms with Crippen LogP contribution in [0.1, 0.15) is 26.5 Å². The molecule has 2 N–H and O–H groups in total. The van der Waals surface area contributed by atoms with Crippen LogP contribution in [0.25, 0.3) is 5.69 Å². The van der Waals surface area contributed by atoms with Gasteiger partial charge in [0.05, 0.1) is 23.3 Å². The van der Waals surface area contributed by atoms with Crippen molar-refractivity contribution in [2.24, 2.45) is 0 Å². The third-order valence-electron chi connectivity index (χ3n) is 5.38. The third kappa shape index (κ3) is 5.35. The minimum atomic E-state index is -0.876. The summed E-state index contributed by atoms with van der Waals surface area (Å²) in [5.74, 6) is -0.822. The van der Waals surface area contributed by atoms with E-state index in [1.54, 1.807) is 49.4 Å². The molecule has 0 fully saturated rings. The maximum Gasteiger partial charge on any atom is 0.294 e. The first-order valence-electron chi connectivity index (χ1n) is 11.0. The lowest BCUT2D eigenvalue weighted by Crippen LogP contribution is -2.28. The molecule has 0 unspecified atom stereocenters. The molecule has 186 valence electrons. The number of methoxy groups -OCH3 is 1. The molecule has 0 spiro atoms. The number of aromatic nitrogens is 2. The number of amides is 2. The number of nitrogens with one attached hydrogen (secondary N) is 2. The molecule has 1 aromatic heterocycles. The summed E-state index contributed by atoms with van der Waals surface area (Å²) in [6, 6.07) is 20.0. The fourth-order valence-corrected chi connectivity index (χ4v) is 3.62. The number of anilines is 2. The summed E-state index contributed by atoms with van der Waals surface area (Å²) in [5.41, 5.74) is -0.247. The van der Waals surface area contributed by atoms with E-state index in [-0.39, 0.29) is 22.6 Å². The Morgan fingerprint density at radius 3 is 2.43 bits per heavy atom. The molecule has 0 aliphatic carbocycles. The Labute approximate surface area is 210 Å². The molecular formula is C26H21N5O6. The Morgan fingerprint density at radius 2 is 1.68 bits per heavy atom. The molecule has 4 aromatic rings. The van der Waals surface area contributed by atoms with Gasteiger partial charge in [-0.1, -0.05) is 30.3 Å². The molecule has 11 heteroatoms.